The topological polar surface area (TPSA) is 50.4 Å². The van der Waals surface area contributed by atoms with Crippen LogP contribution in [0.2, 0.25) is 0 Å². The number of carbonyl (C=O) groups is 1. The first-order chi connectivity index (χ1) is 9.28. The Balaban J connectivity index is 1.73. The van der Waals surface area contributed by atoms with Gasteiger partial charge in [0.25, 0.3) is 0 Å². The molecule has 0 aliphatic heterocycles. The van der Waals surface area contributed by atoms with Crippen molar-refractivity contribution in [3.8, 4) is 0 Å². The lowest BCUT2D eigenvalue weighted by Crippen LogP contribution is -2.40. The van der Waals surface area contributed by atoms with Gasteiger partial charge in [0.15, 0.2) is 0 Å². The zero-order valence-electron chi connectivity index (χ0n) is 11.4. The van der Waals surface area contributed by atoms with Crippen LogP contribution in [0.3, 0.4) is 0 Å². The van der Waals surface area contributed by atoms with Crippen molar-refractivity contribution >= 4 is 6.03 Å². The standard InChI is InChI=1S/C15H22N2O2/c1-19-11-13-8-6-12(7-9-13)10-16-15(18)17-14-4-2-3-5-14/h6-9,14H,2-5,10-11H2,1H3,(H2,16,17,18). The number of benzene rings is 1. The first kappa shape index (κ1) is 13.9. The molecule has 1 fully saturated rings. The molecule has 1 aliphatic rings. The van der Waals surface area contributed by atoms with Crippen LogP contribution >= 0.6 is 0 Å². The largest absolute Gasteiger partial charge is 0.380 e. The van der Waals surface area contributed by atoms with Gasteiger partial charge in [0, 0.05) is 19.7 Å². The molecule has 1 aliphatic carbocycles. The van der Waals surface area contributed by atoms with Crippen LogP contribution in [0.1, 0.15) is 36.8 Å². The Morgan fingerprint density at radius 3 is 2.47 bits per heavy atom. The number of nitrogens with one attached hydrogen (secondary N) is 2. The second kappa shape index (κ2) is 7.14. The molecule has 1 saturated carbocycles. The summed E-state index contributed by atoms with van der Waals surface area (Å²) >= 11 is 0. The average molecular weight is 262 g/mol. The Labute approximate surface area is 114 Å². The molecule has 0 radical (unpaired) electrons. The van der Waals surface area contributed by atoms with Crippen molar-refractivity contribution in [2.75, 3.05) is 7.11 Å². The molecule has 2 amide bonds. The van der Waals surface area contributed by atoms with Crippen LogP contribution in [-0.2, 0) is 17.9 Å². The zero-order chi connectivity index (χ0) is 13.5. The smallest absolute Gasteiger partial charge is 0.315 e. The first-order valence-electron chi connectivity index (χ1n) is 6.89. The summed E-state index contributed by atoms with van der Waals surface area (Å²) < 4.78 is 5.06. The zero-order valence-corrected chi connectivity index (χ0v) is 11.4. The molecule has 0 bridgehead atoms. The molecule has 0 aromatic heterocycles. The summed E-state index contributed by atoms with van der Waals surface area (Å²) in [6.07, 6.45) is 4.68. The van der Waals surface area contributed by atoms with Crippen LogP contribution < -0.4 is 10.6 Å². The summed E-state index contributed by atoms with van der Waals surface area (Å²) in [7, 11) is 1.68. The summed E-state index contributed by atoms with van der Waals surface area (Å²) in [5.41, 5.74) is 2.24. The van der Waals surface area contributed by atoms with E-state index in [1.807, 2.05) is 24.3 Å². The number of carbonyl (C=O) groups excluding carboxylic acids is 1. The predicted octanol–water partition coefficient (Wildman–Crippen LogP) is 2.57. The van der Waals surface area contributed by atoms with Crippen LogP contribution in [0.4, 0.5) is 4.79 Å². The van der Waals surface area contributed by atoms with Crippen molar-refractivity contribution < 1.29 is 9.53 Å². The molecular formula is C15H22N2O2. The molecule has 0 unspecified atom stereocenters. The molecule has 0 saturated heterocycles. The lowest BCUT2D eigenvalue weighted by Gasteiger charge is -2.13. The van der Waals surface area contributed by atoms with Gasteiger partial charge in [-0.25, -0.2) is 4.79 Å². The summed E-state index contributed by atoms with van der Waals surface area (Å²) in [5.74, 6) is 0. The summed E-state index contributed by atoms with van der Waals surface area (Å²) in [6.45, 7) is 1.18. The Bertz CT molecular complexity index is 397. The first-order valence-corrected chi connectivity index (χ1v) is 6.89. The van der Waals surface area contributed by atoms with Gasteiger partial charge in [0.05, 0.1) is 6.61 Å². The molecule has 0 atom stereocenters. The van der Waals surface area contributed by atoms with Crippen molar-refractivity contribution in [1.29, 1.82) is 0 Å². The van der Waals surface area contributed by atoms with E-state index in [-0.39, 0.29) is 6.03 Å². The fourth-order valence-electron chi connectivity index (χ4n) is 2.41. The molecule has 1 aromatic rings. The van der Waals surface area contributed by atoms with E-state index in [1.54, 1.807) is 7.11 Å². The quantitative estimate of drug-likeness (QED) is 0.857. The minimum absolute atomic E-state index is 0.0622. The molecule has 104 valence electrons. The summed E-state index contributed by atoms with van der Waals surface area (Å²) in [5, 5.41) is 5.91. The number of urea groups is 1. The summed E-state index contributed by atoms with van der Waals surface area (Å²) in [6, 6.07) is 8.39. The second-order valence-electron chi connectivity index (χ2n) is 5.06. The lowest BCUT2D eigenvalue weighted by molar-refractivity contribution is 0.185. The van der Waals surface area contributed by atoms with Gasteiger partial charge >= 0.3 is 6.03 Å². The van der Waals surface area contributed by atoms with Crippen LogP contribution in [0.25, 0.3) is 0 Å². The van der Waals surface area contributed by atoms with Crippen LogP contribution in [0.5, 0.6) is 0 Å². The van der Waals surface area contributed by atoms with Crippen LogP contribution in [0, 0.1) is 0 Å². The maximum atomic E-state index is 11.7. The minimum atomic E-state index is -0.0622. The van der Waals surface area contributed by atoms with Gasteiger partial charge < -0.3 is 15.4 Å². The molecule has 1 aromatic carbocycles. The molecule has 0 spiro atoms. The number of rotatable bonds is 5. The van der Waals surface area contributed by atoms with Crippen molar-refractivity contribution in [3.63, 3.8) is 0 Å². The molecule has 2 rings (SSSR count). The highest BCUT2D eigenvalue weighted by Crippen LogP contribution is 2.17. The van der Waals surface area contributed by atoms with E-state index in [1.165, 1.54) is 12.8 Å². The maximum absolute atomic E-state index is 11.7. The van der Waals surface area contributed by atoms with Crippen molar-refractivity contribution in [2.45, 2.75) is 44.9 Å². The SMILES string of the molecule is COCc1ccc(CNC(=O)NC2CCCC2)cc1. The monoisotopic (exact) mass is 262 g/mol. The fraction of sp³-hybridized carbons (Fsp3) is 0.533. The van der Waals surface area contributed by atoms with Gasteiger partial charge in [-0.15, -0.1) is 0 Å². The van der Waals surface area contributed by atoms with Gasteiger partial charge in [0.1, 0.15) is 0 Å². The highest BCUT2D eigenvalue weighted by atomic mass is 16.5. The molecule has 19 heavy (non-hydrogen) atoms. The van der Waals surface area contributed by atoms with E-state index in [0.717, 1.165) is 24.0 Å². The molecule has 4 nitrogen and oxygen atoms in total. The fourth-order valence-corrected chi connectivity index (χ4v) is 2.41. The lowest BCUT2D eigenvalue weighted by atomic mass is 10.1. The third kappa shape index (κ3) is 4.56. The van der Waals surface area contributed by atoms with E-state index in [9.17, 15) is 4.79 Å². The van der Waals surface area contributed by atoms with E-state index in [2.05, 4.69) is 10.6 Å². The van der Waals surface area contributed by atoms with Gasteiger partial charge in [-0.1, -0.05) is 37.1 Å². The Morgan fingerprint density at radius 1 is 1.21 bits per heavy atom. The van der Waals surface area contributed by atoms with Crippen molar-refractivity contribution in [2.24, 2.45) is 0 Å². The Morgan fingerprint density at radius 2 is 1.84 bits per heavy atom. The predicted molar refractivity (Wildman–Crippen MR) is 74.8 cm³/mol. The average Bonchev–Trinajstić information content (AvgIpc) is 2.91. The highest BCUT2D eigenvalue weighted by Gasteiger charge is 2.16. The van der Waals surface area contributed by atoms with Gasteiger partial charge in [-0.05, 0) is 24.0 Å². The molecular weight excluding hydrogens is 240 g/mol. The molecule has 4 heteroatoms. The Hall–Kier alpha value is -1.55. The van der Waals surface area contributed by atoms with Gasteiger partial charge in [0.2, 0.25) is 0 Å². The van der Waals surface area contributed by atoms with E-state index in [0.29, 0.717) is 19.2 Å². The highest BCUT2D eigenvalue weighted by molar-refractivity contribution is 5.74. The Kier molecular flexibility index (Phi) is 5.21. The molecule has 2 N–H and O–H groups in total. The third-order valence-corrected chi connectivity index (χ3v) is 3.48. The molecule has 0 heterocycles. The van der Waals surface area contributed by atoms with E-state index < -0.39 is 0 Å². The third-order valence-electron chi connectivity index (χ3n) is 3.48. The van der Waals surface area contributed by atoms with Gasteiger partial charge in [-0.2, -0.15) is 0 Å². The van der Waals surface area contributed by atoms with E-state index in [4.69, 9.17) is 4.74 Å². The van der Waals surface area contributed by atoms with Crippen molar-refractivity contribution in [1.82, 2.24) is 10.6 Å². The number of amides is 2. The maximum Gasteiger partial charge on any atom is 0.315 e. The van der Waals surface area contributed by atoms with Crippen LogP contribution in [-0.4, -0.2) is 19.2 Å². The number of methoxy groups -OCH3 is 1. The second-order valence-corrected chi connectivity index (χ2v) is 5.06. The number of hydrogen-bond donors (Lipinski definition) is 2. The van der Waals surface area contributed by atoms with E-state index >= 15 is 0 Å². The van der Waals surface area contributed by atoms with Crippen LogP contribution in [0.15, 0.2) is 24.3 Å². The normalized spacial score (nSPS) is 15.4. The summed E-state index contributed by atoms with van der Waals surface area (Å²) in [4.78, 5) is 11.7. The minimum Gasteiger partial charge on any atom is -0.380 e. The van der Waals surface area contributed by atoms with Crippen molar-refractivity contribution in [3.05, 3.63) is 35.4 Å². The number of hydrogen-bond acceptors (Lipinski definition) is 2. The van der Waals surface area contributed by atoms with Gasteiger partial charge in [-0.3, -0.25) is 0 Å². The number of ether oxygens (including phenoxy) is 1.